The van der Waals surface area contributed by atoms with Gasteiger partial charge in [-0.15, -0.1) is 0 Å². The summed E-state index contributed by atoms with van der Waals surface area (Å²) in [6.07, 6.45) is 0.854. The van der Waals surface area contributed by atoms with Crippen molar-refractivity contribution in [3.63, 3.8) is 0 Å². The molecule has 0 spiro atoms. The number of hydrogen-bond donors (Lipinski definition) is 1. The highest BCUT2D eigenvalue weighted by molar-refractivity contribution is 5.93. The minimum absolute atomic E-state index is 0.0876. The van der Waals surface area contributed by atoms with Crippen LogP contribution in [0.5, 0.6) is 0 Å². The Morgan fingerprint density at radius 1 is 1.17 bits per heavy atom. The lowest BCUT2D eigenvalue weighted by Gasteiger charge is -2.22. The molecule has 0 aliphatic carbocycles. The third kappa shape index (κ3) is 4.16. The highest BCUT2D eigenvalue weighted by Crippen LogP contribution is 2.33. The predicted molar refractivity (Wildman–Crippen MR) is 101 cm³/mol. The predicted octanol–water partition coefficient (Wildman–Crippen LogP) is 3.00. The van der Waals surface area contributed by atoms with E-state index in [9.17, 15) is 14.0 Å². The Labute approximate surface area is 166 Å². The largest absolute Gasteiger partial charge is 0.345 e. The van der Waals surface area contributed by atoms with Gasteiger partial charge in [-0.05, 0) is 24.6 Å². The van der Waals surface area contributed by atoms with Crippen LogP contribution in [0.3, 0.4) is 0 Å². The number of nitrogens with one attached hydrogen (secondary N) is 1. The molecule has 1 N–H and O–H groups in total. The first kappa shape index (κ1) is 18.8. The van der Waals surface area contributed by atoms with Crippen LogP contribution in [0.15, 0.2) is 59.1 Å². The lowest BCUT2D eigenvalue weighted by atomic mass is 10.1. The summed E-state index contributed by atoms with van der Waals surface area (Å²) in [6, 6.07) is 14.8. The maximum atomic E-state index is 14.0. The minimum Gasteiger partial charge on any atom is -0.345 e. The van der Waals surface area contributed by atoms with Crippen molar-refractivity contribution in [3.05, 3.63) is 83.3 Å². The van der Waals surface area contributed by atoms with Crippen LogP contribution in [0, 0.1) is 5.82 Å². The Morgan fingerprint density at radius 3 is 2.72 bits per heavy atom. The third-order valence-electron chi connectivity index (χ3n) is 4.84. The molecule has 0 radical (unpaired) electrons. The summed E-state index contributed by atoms with van der Waals surface area (Å²) in [4.78, 5) is 30.3. The number of carbonyl (C=O) groups is 2. The summed E-state index contributed by atoms with van der Waals surface area (Å²) in [6.45, 7) is 0.240. The maximum Gasteiger partial charge on any atom is 0.251 e. The van der Waals surface area contributed by atoms with Crippen LogP contribution in [-0.4, -0.2) is 26.9 Å². The number of hydrogen-bond acceptors (Lipinski definition) is 5. The first-order chi connectivity index (χ1) is 14.1. The van der Waals surface area contributed by atoms with Gasteiger partial charge in [0.15, 0.2) is 5.82 Å². The van der Waals surface area contributed by atoms with Gasteiger partial charge >= 0.3 is 0 Å². The van der Waals surface area contributed by atoms with Crippen LogP contribution in [0.2, 0.25) is 0 Å². The molecule has 3 aromatic rings. The molecule has 1 aromatic heterocycles. The summed E-state index contributed by atoms with van der Waals surface area (Å²) >= 11 is 0. The quantitative estimate of drug-likeness (QED) is 0.694. The second kappa shape index (κ2) is 8.22. The van der Waals surface area contributed by atoms with Gasteiger partial charge in [0.05, 0.1) is 6.54 Å². The molecule has 0 unspecified atom stereocenters. The molecule has 148 valence electrons. The van der Waals surface area contributed by atoms with Crippen molar-refractivity contribution in [2.75, 3.05) is 0 Å². The van der Waals surface area contributed by atoms with Crippen molar-refractivity contribution in [2.24, 2.45) is 0 Å². The molecule has 0 bridgehead atoms. The number of aromatic nitrogens is 2. The van der Waals surface area contributed by atoms with Crippen LogP contribution in [0.4, 0.5) is 4.39 Å². The number of rotatable bonds is 6. The fourth-order valence-electron chi connectivity index (χ4n) is 3.32. The fraction of sp³-hybridized carbons (Fsp3) is 0.238. The van der Waals surface area contributed by atoms with Gasteiger partial charge in [-0.1, -0.05) is 41.6 Å². The van der Waals surface area contributed by atoms with Crippen LogP contribution >= 0.6 is 0 Å². The van der Waals surface area contributed by atoms with E-state index in [2.05, 4.69) is 15.5 Å². The van der Waals surface area contributed by atoms with Crippen LogP contribution in [0.1, 0.15) is 46.5 Å². The average molecular weight is 394 g/mol. The molecule has 2 aromatic carbocycles. The summed E-state index contributed by atoms with van der Waals surface area (Å²) < 4.78 is 19.3. The third-order valence-corrected chi connectivity index (χ3v) is 4.84. The standard InChI is InChI=1S/C21H19FN4O3/c22-16-9-5-4-8-15(16)13-26-17(10-11-19(26)27)21-24-18(25-29-21)12-23-20(28)14-6-2-1-3-7-14/h1-9,17H,10-13H2,(H,23,28)/t17-/m0/s1. The number of amides is 2. The van der Waals surface area contributed by atoms with Gasteiger partial charge in [0.25, 0.3) is 5.91 Å². The van der Waals surface area contributed by atoms with E-state index in [0.717, 1.165) is 0 Å². The van der Waals surface area contributed by atoms with Gasteiger partial charge in [0, 0.05) is 24.1 Å². The van der Waals surface area contributed by atoms with Crippen molar-refractivity contribution < 1.29 is 18.5 Å². The zero-order valence-electron chi connectivity index (χ0n) is 15.5. The average Bonchev–Trinajstić information content (AvgIpc) is 3.35. The van der Waals surface area contributed by atoms with E-state index in [4.69, 9.17) is 4.52 Å². The molecule has 0 saturated carbocycles. The maximum absolute atomic E-state index is 14.0. The van der Waals surface area contributed by atoms with E-state index in [0.29, 0.717) is 29.8 Å². The smallest absolute Gasteiger partial charge is 0.251 e. The van der Waals surface area contributed by atoms with Crippen LogP contribution in [-0.2, 0) is 17.9 Å². The van der Waals surface area contributed by atoms with Gasteiger partial charge < -0.3 is 14.7 Å². The molecule has 1 aliphatic rings. The van der Waals surface area contributed by atoms with E-state index in [1.807, 2.05) is 6.07 Å². The zero-order chi connectivity index (χ0) is 20.2. The summed E-state index contributed by atoms with van der Waals surface area (Å²) in [5, 5.41) is 6.63. The number of nitrogens with zero attached hydrogens (tertiary/aromatic N) is 3. The Balaban J connectivity index is 1.43. The first-order valence-corrected chi connectivity index (χ1v) is 9.30. The van der Waals surface area contributed by atoms with Crippen molar-refractivity contribution in [3.8, 4) is 0 Å². The topological polar surface area (TPSA) is 88.3 Å². The molecular formula is C21H19FN4O3. The molecule has 1 saturated heterocycles. The lowest BCUT2D eigenvalue weighted by Crippen LogP contribution is -2.28. The highest BCUT2D eigenvalue weighted by Gasteiger charge is 2.36. The SMILES string of the molecule is O=C(NCc1noc([C@@H]2CCC(=O)N2Cc2ccccc2F)n1)c1ccccc1. The van der Waals surface area contributed by atoms with Crippen molar-refractivity contribution in [1.82, 2.24) is 20.4 Å². The van der Waals surface area contributed by atoms with E-state index in [1.54, 1.807) is 47.4 Å². The number of halogens is 1. The molecule has 1 aliphatic heterocycles. The van der Waals surface area contributed by atoms with Crippen LogP contribution < -0.4 is 5.32 Å². The van der Waals surface area contributed by atoms with Crippen molar-refractivity contribution in [2.45, 2.75) is 32.0 Å². The zero-order valence-corrected chi connectivity index (χ0v) is 15.5. The Bertz CT molecular complexity index is 1020. The Morgan fingerprint density at radius 2 is 1.93 bits per heavy atom. The normalized spacial score (nSPS) is 16.2. The van der Waals surface area contributed by atoms with Gasteiger partial charge in [-0.2, -0.15) is 4.98 Å². The monoisotopic (exact) mass is 394 g/mol. The minimum atomic E-state index is -0.409. The molecule has 2 heterocycles. The molecule has 7 nitrogen and oxygen atoms in total. The molecule has 4 rings (SSSR count). The molecule has 2 amide bonds. The second-order valence-electron chi connectivity index (χ2n) is 6.77. The van der Waals surface area contributed by atoms with E-state index >= 15 is 0 Å². The second-order valence-corrected chi connectivity index (χ2v) is 6.77. The molecule has 1 fully saturated rings. The van der Waals surface area contributed by atoms with Gasteiger partial charge in [-0.25, -0.2) is 4.39 Å². The fourth-order valence-corrected chi connectivity index (χ4v) is 3.32. The van der Waals surface area contributed by atoms with E-state index in [-0.39, 0.29) is 36.6 Å². The molecule has 1 atom stereocenters. The van der Waals surface area contributed by atoms with Gasteiger partial charge in [0.2, 0.25) is 11.8 Å². The molecular weight excluding hydrogens is 375 g/mol. The number of likely N-dealkylation sites (tertiary alicyclic amines) is 1. The van der Waals surface area contributed by atoms with Crippen molar-refractivity contribution in [1.29, 1.82) is 0 Å². The van der Waals surface area contributed by atoms with Crippen molar-refractivity contribution >= 4 is 11.8 Å². The molecule has 29 heavy (non-hydrogen) atoms. The van der Waals surface area contributed by atoms with E-state index in [1.165, 1.54) is 6.07 Å². The Kier molecular flexibility index (Phi) is 5.33. The lowest BCUT2D eigenvalue weighted by molar-refractivity contribution is -0.130. The summed E-state index contributed by atoms with van der Waals surface area (Å²) in [5.41, 5.74) is 0.969. The van der Waals surface area contributed by atoms with Crippen LogP contribution in [0.25, 0.3) is 0 Å². The van der Waals surface area contributed by atoms with Gasteiger partial charge in [0.1, 0.15) is 11.9 Å². The molecule has 8 heteroatoms. The van der Waals surface area contributed by atoms with Gasteiger partial charge in [-0.3, -0.25) is 9.59 Å². The summed E-state index contributed by atoms with van der Waals surface area (Å²) in [7, 11) is 0. The highest BCUT2D eigenvalue weighted by atomic mass is 19.1. The summed E-state index contributed by atoms with van der Waals surface area (Å²) in [5.74, 6) is -0.0871. The number of carbonyl (C=O) groups excluding carboxylic acids is 2. The first-order valence-electron chi connectivity index (χ1n) is 9.30. The number of benzene rings is 2. The van der Waals surface area contributed by atoms with E-state index < -0.39 is 6.04 Å². The Hall–Kier alpha value is -3.55.